The molecule has 1 aliphatic carbocycles. The second-order valence-electron chi connectivity index (χ2n) is 5.29. The van der Waals surface area contributed by atoms with E-state index >= 15 is 0 Å². The average molecular weight is 300 g/mol. The number of benzene rings is 1. The minimum atomic E-state index is 0.366. The maximum atomic E-state index is 6.05. The minimum absolute atomic E-state index is 0.366. The van der Waals surface area contributed by atoms with Crippen molar-refractivity contribution in [1.82, 2.24) is 19.6 Å². The van der Waals surface area contributed by atoms with Crippen LogP contribution in [0, 0.1) is 0 Å². The molecule has 0 spiro atoms. The first-order valence-electron chi connectivity index (χ1n) is 6.99. The number of fused-ring (bicyclic) bond motifs is 2. The molecule has 5 nitrogen and oxygen atoms in total. The number of nitrogens with one attached hydrogen (secondary N) is 1. The topological polar surface area (TPSA) is 55.1 Å². The van der Waals surface area contributed by atoms with E-state index in [1.165, 1.54) is 17.5 Å². The van der Waals surface area contributed by atoms with Crippen LogP contribution in [0.15, 0.2) is 36.7 Å². The van der Waals surface area contributed by atoms with E-state index < -0.39 is 0 Å². The molecule has 21 heavy (non-hydrogen) atoms. The maximum Gasteiger partial charge on any atom is 0.255 e. The Hall–Kier alpha value is -2.14. The molecule has 3 aromatic rings. The Labute approximate surface area is 127 Å². The molecule has 0 amide bonds. The summed E-state index contributed by atoms with van der Waals surface area (Å²) in [6, 6.07) is 10.8. The lowest BCUT2D eigenvalue weighted by Gasteiger charge is -2.26. The van der Waals surface area contributed by atoms with Crippen molar-refractivity contribution in [3.05, 3.63) is 52.9 Å². The van der Waals surface area contributed by atoms with Crippen molar-refractivity contribution in [2.45, 2.75) is 25.3 Å². The standard InChI is InChI=1S/C15H14ClN5/c16-13-8-14(21-15(20-13)17-9-18-21)19-12-6-5-10-3-1-2-4-11(10)7-12/h1-4,8-9,12,19H,5-7H2. The number of hydrogen-bond donors (Lipinski definition) is 1. The van der Waals surface area contributed by atoms with Gasteiger partial charge in [0.15, 0.2) is 0 Å². The van der Waals surface area contributed by atoms with Gasteiger partial charge >= 0.3 is 0 Å². The molecule has 2 heterocycles. The van der Waals surface area contributed by atoms with Gasteiger partial charge in [-0.05, 0) is 30.4 Å². The van der Waals surface area contributed by atoms with Crippen molar-refractivity contribution < 1.29 is 0 Å². The van der Waals surface area contributed by atoms with E-state index in [1.54, 1.807) is 10.6 Å². The van der Waals surface area contributed by atoms with Gasteiger partial charge in [-0.1, -0.05) is 35.9 Å². The zero-order valence-corrected chi connectivity index (χ0v) is 12.1. The number of aryl methyl sites for hydroxylation is 1. The van der Waals surface area contributed by atoms with Crippen molar-refractivity contribution >= 4 is 23.2 Å². The first-order valence-corrected chi connectivity index (χ1v) is 7.37. The molecular weight excluding hydrogens is 286 g/mol. The third-order valence-electron chi connectivity index (χ3n) is 3.92. The molecular formula is C15H14ClN5. The molecule has 1 N–H and O–H groups in total. The molecule has 0 aliphatic heterocycles. The van der Waals surface area contributed by atoms with Gasteiger partial charge in [-0.3, -0.25) is 0 Å². The number of halogens is 1. The molecule has 1 aromatic carbocycles. The van der Waals surface area contributed by atoms with Gasteiger partial charge in [-0.25, -0.2) is 0 Å². The number of hydrogen-bond acceptors (Lipinski definition) is 4. The highest BCUT2D eigenvalue weighted by atomic mass is 35.5. The van der Waals surface area contributed by atoms with Crippen molar-refractivity contribution in [3.8, 4) is 0 Å². The van der Waals surface area contributed by atoms with Gasteiger partial charge in [0.2, 0.25) is 0 Å². The largest absolute Gasteiger partial charge is 0.367 e. The van der Waals surface area contributed by atoms with Crippen LogP contribution < -0.4 is 5.32 Å². The minimum Gasteiger partial charge on any atom is -0.367 e. The molecule has 0 saturated carbocycles. The zero-order chi connectivity index (χ0) is 14.2. The predicted molar refractivity (Wildman–Crippen MR) is 81.7 cm³/mol. The fraction of sp³-hybridized carbons (Fsp3) is 0.267. The van der Waals surface area contributed by atoms with Gasteiger partial charge in [0.1, 0.15) is 17.3 Å². The zero-order valence-electron chi connectivity index (χ0n) is 11.3. The number of aromatic nitrogens is 4. The molecule has 0 fully saturated rings. The summed E-state index contributed by atoms with van der Waals surface area (Å²) >= 11 is 6.05. The number of anilines is 1. The summed E-state index contributed by atoms with van der Waals surface area (Å²) in [5.74, 6) is 1.35. The third kappa shape index (κ3) is 2.34. The van der Waals surface area contributed by atoms with Crippen LogP contribution >= 0.6 is 11.6 Å². The van der Waals surface area contributed by atoms with Gasteiger partial charge < -0.3 is 5.32 Å². The molecule has 2 aromatic heterocycles. The van der Waals surface area contributed by atoms with E-state index in [1.807, 2.05) is 0 Å². The first kappa shape index (κ1) is 12.6. The summed E-state index contributed by atoms with van der Waals surface area (Å²) < 4.78 is 1.69. The van der Waals surface area contributed by atoms with Crippen LogP contribution in [-0.4, -0.2) is 25.6 Å². The van der Waals surface area contributed by atoms with Crippen molar-refractivity contribution in [1.29, 1.82) is 0 Å². The van der Waals surface area contributed by atoms with Gasteiger partial charge in [0, 0.05) is 12.1 Å². The molecule has 0 bridgehead atoms. The Kier molecular flexibility index (Phi) is 3.00. The van der Waals surface area contributed by atoms with Crippen LogP contribution in [0.4, 0.5) is 5.82 Å². The van der Waals surface area contributed by atoms with Crippen molar-refractivity contribution in [2.24, 2.45) is 0 Å². The van der Waals surface area contributed by atoms with E-state index in [4.69, 9.17) is 11.6 Å². The Balaban J connectivity index is 1.63. The smallest absolute Gasteiger partial charge is 0.255 e. The SMILES string of the molecule is Clc1cc(NC2CCc3ccccc3C2)n2ncnc2n1. The molecule has 0 saturated heterocycles. The van der Waals surface area contributed by atoms with Gasteiger partial charge in [-0.15, -0.1) is 0 Å². The summed E-state index contributed by atoms with van der Waals surface area (Å²) in [4.78, 5) is 8.23. The van der Waals surface area contributed by atoms with E-state index in [-0.39, 0.29) is 0 Å². The number of rotatable bonds is 2. The normalized spacial score (nSPS) is 17.7. The summed E-state index contributed by atoms with van der Waals surface area (Å²) in [7, 11) is 0. The molecule has 106 valence electrons. The summed E-state index contributed by atoms with van der Waals surface area (Å²) in [5, 5.41) is 8.14. The third-order valence-corrected chi connectivity index (χ3v) is 4.11. The van der Waals surface area contributed by atoms with Gasteiger partial charge in [0.05, 0.1) is 0 Å². The molecule has 0 radical (unpaired) electrons. The second kappa shape index (κ2) is 5.00. The molecule has 1 atom stereocenters. The van der Waals surface area contributed by atoms with Crippen molar-refractivity contribution in [2.75, 3.05) is 5.32 Å². The highest BCUT2D eigenvalue weighted by Gasteiger charge is 2.19. The molecule has 1 aliphatic rings. The molecule has 6 heteroatoms. The lowest BCUT2D eigenvalue weighted by molar-refractivity contribution is 0.606. The monoisotopic (exact) mass is 299 g/mol. The average Bonchev–Trinajstić information content (AvgIpc) is 2.95. The lowest BCUT2D eigenvalue weighted by atomic mass is 9.88. The maximum absolute atomic E-state index is 6.05. The summed E-state index contributed by atoms with van der Waals surface area (Å²) in [6.07, 6.45) is 4.67. The molecule has 1 unspecified atom stereocenters. The van der Waals surface area contributed by atoms with Crippen LogP contribution in [0.25, 0.3) is 5.78 Å². The second-order valence-corrected chi connectivity index (χ2v) is 5.68. The van der Waals surface area contributed by atoms with Crippen LogP contribution in [0.1, 0.15) is 17.5 Å². The van der Waals surface area contributed by atoms with Crippen LogP contribution in [0.2, 0.25) is 5.15 Å². The fourth-order valence-electron chi connectivity index (χ4n) is 2.92. The Morgan fingerprint density at radius 3 is 3.00 bits per heavy atom. The Morgan fingerprint density at radius 2 is 2.10 bits per heavy atom. The first-order chi connectivity index (χ1) is 10.3. The highest BCUT2D eigenvalue weighted by Crippen LogP contribution is 2.24. The Bertz CT molecular complexity index is 798. The molecule has 4 rings (SSSR count). The van der Waals surface area contributed by atoms with Crippen molar-refractivity contribution in [3.63, 3.8) is 0 Å². The van der Waals surface area contributed by atoms with Crippen LogP contribution in [-0.2, 0) is 12.8 Å². The highest BCUT2D eigenvalue weighted by molar-refractivity contribution is 6.29. The van der Waals surface area contributed by atoms with Crippen LogP contribution in [0.3, 0.4) is 0 Å². The van der Waals surface area contributed by atoms with E-state index in [9.17, 15) is 0 Å². The van der Waals surface area contributed by atoms with E-state index in [0.29, 0.717) is 17.0 Å². The quantitative estimate of drug-likeness (QED) is 0.739. The predicted octanol–water partition coefficient (Wildman–Crippen LogP) is 2.75. The van der Waals surface area contributed by atoms with Gasteiger partial charge in [-0.2, -0.15) is 19.6 Å². The summed E-state index contributed by atoms with van der Waals surface area (Å²) in [6.45, 7) is 0. The fourth-order valence-corrected chi connectivity index (χ4v) is 3.10. The van der Waals surface area contributed by atoms with Gasteiger partial charge in [0.25, 0.3) is 5.78 Å². The van der Waals surface area contributed by atoms with Crippen LogP contribution in [0.5, 0.6) is 0 Å². The Morgan fingerprint density at radius 1 is 1.24 bits per heavy atom. The van der Waals surface area contributed by atoms with E-state index in [2.05, 4.69) is 44.6 Å². The van der Waals surface area contributed by atoms with E-state index in [0.717, 1.165) is 25.1 Å². The lowest BCUT2D eigenvalue weighted by Crippen LogP contribution is -2.28. The summed E-state index contributed by atoms with van der Waals surface area (Å²) in [5.41, 5.74) is 2.87. The number of nitrogens with zero attached hydrogens (tertiary/aromatic N) is 4.